The number of aromatic nitrogens is 2. The molecule has 0 aliphatic carbocycles. The minimum absolute atomic E-state index is 0.312. The number of carbonyl (C=O) groups is 1. The van der Waals surface area contributed by atoms with E-state index in [2.05, 4.69) is 26.7 Å². The van der Waals surface area contributed by atoms with Gasteiger partial charge in [-0.1, -0.05) is 29.3 Å². The highest BCUT2D eigenvalue weighted by Gasteiger charge is 2.10. The highest BCUT2D eigenvalue weighted by Crippen LogP contribution is 2.26. The lowest BCUT2D eigenvalue weighted by atomic mass is 10.1. The fourth-order valence-electron chi connectivity index (χ4n) is 2.47. The van der Waals surface area contributed by atoms with Crippen molar-refractivity contribution in [2.45, 2.75) is 13.8 Å². The Bertz CT molecular complexity index is 938. The molecule has 0 aliphatic heterocycles. The monoisotopic (exact) mass is 386 g/mol. The molecule has 2 N–H and O–H groups in total. The lowest BCUT2D eigenvalue weighted by Crippen LogP contribution is -2.13. The van der Waals surface area contributed by atoms with Crippen LogP contribution in [0, 0.1) is 13.8 Å². The fraction of sp³-hybridized carbons (Fsp3) is 0.105. The van der Waals surface area contributed by atoms with Crippen molar-refractivity contribution in [1.82, 2.24) is 9.97 Å². The van der Waals surface area contributed by atoms with Crippen molar-refractivity contribution in [2.24, 2.45) is 0 Å². The second-order valence-electron chi connectivity index (χ2n) is 5.88. The lowest BCUT2D eigenvalue weighted by molar-refractivity contribution is 0.102. The standard InChI is InChI=1S/C19H16Cl2N4O/c1-11-5-12(2)7-15(6-11)24-19-22-9-13(10-23-19)18(26)25-17-8-14(20)3-4-16(17)21/h3-10H,1-2H3,(H,25,26)(H,22,23,24). The van der Waals surface area contributed by atoms with Crippen LogP contribution in [0.25, 0.3) is 0 Å². The number of halogens is 2. The Hall–Kier alpha value is -2.63. The third-order valence-electron chi connectivity index (χ3n) is 3.57. The number of amides is 1. The molecule has 0 spiro atoms. The number of nitrogens with one attached hydrogen (secondary N) is 2. The summed E-state index contributed by atoms with van der Waals surface area (Å²) in [7, 11) is 0. The van der Waals surface area contributed by atoms with Gasteiger partial charge < -0.3 is 10.6 Å². The molecule has 0 saturated heterocycles. The molecule has 1 heterocycles. The summed E-state index contributed by atoms with van der Waals surface area (Å²) in [6, 6.07) is 10.9. The van der Waals surface area contributed by atoms with Crippen molar-refractivity contribution in [3.05, 3.63) is 75.5 Å². The van der Waals surface area contributed by atoms with Crippen LogP contribution in [0.5, 0.6) is 0 Å². The van der Waals surface area contributed by atoms with Crippen molar-refractivity contribution >= 4 is 46.4 Å². The van der Waals surface area contributed by atoms with Gasteiger partial charge in [-0.3, -0.25) is 4.79 Å². The number of hydrogen-bond acceptors (Lipinski definition) is 4. The summed E-state index contributed by atoms with van der Waals surface area (Å²) in [6.45, 7) is 4.04. The van der Waals surface area contributed by atoms with Gasteiger partial charge in [0.25, 0.3) is 5.91 Å². The summed E-state index contributed by atoms with van der Waals surface area (Å²) in [5.41, 5.74) is 3.92. The molecule has 3 aromatic rings. The van der Waals surface area contributed by atoms with Gasteiger partial charge in [0, 0.05) is 23.1 Å². The Labute approximate surface area is 161 Å². The van der Waals surface area contributed by atoms with Gasteiger partial charge in [-0.25, -0.2) is 9.97 Å². The first-order chi connectivity index (χ1) is 12.4. The number of rotatable bonds is 4. The van der Waals surface area contributed by atoms with Crippen molar-refractivity contribution in [3.8, 4) is 0 Å². The summed E-state index contributed by atoms with van der Waals surface area (Å²) in [6.07, 6.45) is 2.90. The van der Waals surface area contributed by atoms with Crippen LogP contribution in [0.1, 0.15) is 21.5 Å². The second-order valence-corrected chi connectivity index (χ2v) is 6.72. The summed E-state index contributed by atoms with van der Waals surface area (Å²) in [5.74, 6) is 0.0412. The molecule has 0 fully saturated rings. The van der Waals surface area contributed by atoms with Crippen LogP contribution in [0.2, 0.25) is 10.0 Å². The summed E-state index contributed by atoms with van der Waals surface area (Å²) in [4.78, 5) is 20.7. The quantitative estimate of drug-likeness (QED) is 0.629. The predicted octanol–water partition coefficient (Wildman–Crippen LogP) is 5.40. The highest BCUT2D eigenvalue weighted by atomic mass is 35.5. The number of anilines is 3. The molecule has 0 saturated carbocycles. The van der Waals surface area contributed by atoms with Crippen LogP contribution in [0.4, 0.5) is 17.3 Å². The van der Waals surface area contributed by atoms with Crippen LogP contribution in [0.15, 0.2) is 48.8 Å². The molecule has 7 heteroatoms. The predicted molar refractivity (Wildman–Crippen MR) is 106 cm³/mol. The summed E-state index contributed by atoms with van der Waals surface area (Å²) < 4.78 is 0. The lowest BCUT2D eigenvalue weighted by Gasteiger charge is -2.09. The number of benzene rings is 2. The van der Waals surface area contributed by atoms with E-state index in [4.69, 9.17) is 23.2 Å². The summed E-state index contributed by atoms with van der Waals surface area (Å²) in [5, 5.41) is 6.70. The zero-order valence-corrected chi connectivity index (χ0v) is 15.7. The normalized spacial score (nSPS) is 10.5. The van der Waals surface area contributed by atoms with Crippen LogP contribution < -0.4 is 10.6 Å². The molecule has 3 rings (SSSR count). The van der Waals surface area contributed by atoms with E-state index in [9.17, 15) is 4.79 Å². The van der Waals surface area contributed by atoms with Crippen molar-refractivity contribution in [1.29, 1.82) is 0 Å². The van der Waals surface area contributed by atoms with Gasteiger partial charge >= 0.3 is 0 Å². The molecule has 0 bridgehead atoms. The van der Waals surface area contributed by atoms with Crippen LogP contribution in [-0.4, -0.2) is 15.9 Å². The Morgan fingerprint density at radius 2 is 1.62 bits per heavy atom. The van der Waals surface area contributed by atoms with E-state index in [1.54, 1.807) is 18.2 Å². The van der Waals surface area contributed by atoms with Gasteiger partial charge in [0.15, 0.2) is 0 Å². The molecule has 2 aromatic carbocycles. The molecule has 0 unspecified atom stereocenters. The van der Waals surface area contributed by atoms with Crippen LogP contribution in [-0.2, 0) is 0 Å². The van der Waals surface area contributed by atoms with Gasteiger partial charge in [-0.15, -0.1) is 0 Å². The van der Waals surface area contributed by atoms with E-state index in [0.29, 0.717) is 27.2 Å². The first-order valence-electron chi connectivity index (χ1n) is 7.84. The van der Waals surface area contributed by atoms with Gasteiger partial charge in [-0.05, 0) is 55.3 Å². The Balaban J connectivity index is 1.72. The highest BCUT2D eigenvalue weighted by molar-refractivity contribution is 6.35. The zero-order valence-electron chi connectivity index (χ0n) is 14.2. The van der Waals surface area contributed by atoms with Crippen LogP contribution >= 0.6 is 23.2 Å². The molecule has 1 amide bonds. The maximum atomic E-state index is 12.3. The fourth-order valence-corrected chi connectivity index (χ4v) is 2.81. The maximum Gasteiger partial charge on any atom is 0.258 e. The molecule has 0 radical (unpaired) electrons. The van der Waals surface area contributed by atoms with E-state index in [-0.39, 0.29) is 5.91 Å². The first-order valence-corrected chi connectivity index (χ1v) is 8.60. The third-order valence-corrected chi connectivity index (χ3v) is 4.13. The summed E-state index contributed by atoms with van der Waals surface area (Å²) >= 11 is 12.0. The molecule has 132 valence electrons. The van der Waals surface area contributed by atoms with Gasteiger partial charge in [0.05, 0.1) is 16.3 Å². The zero-order chi connectivity index (χ0) is 18.7. The largest absolute Gasteiger partial charge is 0.324 e. The average Bonchev–Trinajstić information content (AvgIpc) is 2.58. The van der Waals surface area contributed by atoms with Gasteiger partial charge in [0.1, 0.15) is 0 Å². The molecule has 0 atom stereocenters. The Kier molecular flexibility index (Phi) is 5.40. The third kappa shape index (κ3) is 4.50. The molecular weight excluding hydrogens is 371 g/mol. The second kappa shape index (κ2) is 7.72. The van der Waals surface area contributed by atoms with E-state index in [1.807, 2.05) is 26.0 Å². The maximum absolute atomic E-state index is 12.3. The first kappa shape index (κ1) is 18.2. The number of carbonyl (C=O) groups excluding carboxylic acids is 1. The molecule has 0 aliphatic rings. The van der Waals surface area contributed by atoms with Gasteiger partial charge in [-0.2, -0.15) is 0 Å². The van der Waals surface area contributed by atoms with E-state index < -0.39 is 0 Å². The van der Waals surface area contributed by atoms with Crippen molar-refractivity contribution in [3.63, 3.8) is 0 Å². The van der Waals surface area contributed by atoms with E-state index in [1.165, 1.54) is 12.4 Å². The number of hydrogen-bond donors (Lipinski definition) is 2. The van der Waals surface area contributed by atoms with Gasteiger partial charge in [0.2, 0.25) is 5.95 Å². The SMILES string of the molecule is Cc1cc(C)cc(Nc2ncc(C(=O)Nc3cc(Cl)ccc3Cl)cn2)c1. The Morgan fingerprint density at radius 1 is 0.962 bits per heavy atom. The number of nitrogens with zero attached hydrogens (tertiary/aromatic N) is 2. The topological polar surface area (TPSA) is 66.9 Å². The average molecular weight is 387 g/mol. The van der Waals surface area contributed by atoms with E-state index in [0.717, 1.165) is 16.8 Å². The van der Waals surface area contributed by atoms with Crippen molar-refractivity contribution in [2.75, 3.05) is 10.6 Å². The molecule has 5 nitrogen and oxygen atoms in total. The Morgan fingerprint density at radius 3 is 2.27 bits per heavy atom. The smallest absolute Gasteiger partial charge is 0.258 e. The minimum atomic E-state index is -0.368. The van der Waals surface area contributed by atoms with E-state index >= 15 is 0 Å². The minimum Gasteiger partial charge on any atom is -0.324 e. The van der Waals surface area contributed by atoms with Crippen molar-refractivity contribution < 1.29 is 4.79 Å². The number of aryl methyl sites for hydroxylation is 2. The molecule has 1 aromatic heterocycles. The van der Waals surface area contributed by atoms with Crippen LogP contribution in [0.3, 0.4) is 0 Å². The molecular formula is C19H16Cl2N4O. The molecule has 26 heavy (non-hydrogen) atoms.